The molecule has 8 heteroatoms. The molecule has 25 heavy (non-hydrogen) atoms. The number of nitrogens with zero attached hydrogens (tertiary/aromatic N) is 2. The summed E-state index contributed by atoms with van der Waals surface area (Å²) in [7, 11) is 0. The van der Waals surface area contributed by atoms with Crippen LogP contribution < -0.4 is 10.7 Å². The number of urea groups is 1. The number of benzene rings is 1. The first-order valence-electron chi connectivity index (χ1n) is 8.00. The Balaban J connectivity index is 1.92. The minimum Gasteiger partial charge on any atom is -0.324 e. The van der Waals surface area contributed by atoms with Crippen molar-refractivity contribution in [2.75, 3.05) is 6.54 Å². The summed E-state index contributed by atoms with van der Waals surface area (Å²) in [5.74, 6) is -0.689. The maximum absolute atomic E-state index is 12.1. The van der Waals surface area contributed by atoms with Gasteiger partial charge < -0.3 is 5.32 Å². The summed E-state index contributed by atoms with van der Waals surface area (Å²) in [6, 6.07) is 7.15. The molecule has 0 bridgehead atoms. The number of carbonyl (C=O) groups is 3. The van der Waals surface area contributed by atoms with Crippen LogP contribution in [0.2, 0.25) is 0 Å². The van der Waals surface area contributed by atoms with Crippen molar-refractivity contribution in [3.63, 3.8) is 0 Å². The summed E-state index contributed by atoms with van der Waals surface area (Å²) in [5.41, 5.74) is 3.23. The van der Waals surface area contributed by atoms with Crippen molar-refractivity contribution in [1.82, 2.24) is 15.6 Å². The van der Waals surface area contributed by atoms with Crippen molar-refractivity contribution in [3.05, 3.63) is 34.3 Å². The molecule has 0 spiro atoms. The zero-order valence-corrected chi connectivity index (χ0v) is 16.0. The minimum absolute atomic E-state index is 0.00390. The van der Waals surface area contributed by atoms with Gasteiger partial charge in [-0.2, -0.15) is 5.10 Å². The van der Waals surface area contributed by atoms with E-state index in [1.54, 1.807) is 13.8 Å². The second kappa shape index (κ2) is 7.77. The van der Waals surface area contributed by atoms with Crippen molar-refractivity contribution in [2.24, 2.45) is 5.10 Å². The van der Waals surface area contributed by atoms with Gasteiger partial charge in [0.2, 0.25) is 5.91 Å². The number of hydrogen-bond donors (Lipinski definition) is 2. The molecular weight excluding hydrogens is 388 g/mol. The third-order valence-electron chi connectivity index (χ3n) is 3.83. The molecule has 0 atom stereocenters. The average Bonchev–Trinajstić information content (AvgIpc) is 2.75. The number of rotatable bonds is 6. The second-order valence-electron chi connectivity index (χ2n) is 6.22. The van der Waals surface area contributed by atoms with Gasteiger partial charge in [0.05, 0.1) is 5.71 Å². The maximum atomic E-state index is 12.1. The van der Waals surface area contributed by atoms with Gasteiger partial charge in [-0.3, -0.25) is 14.5 Å². The van der Waals surface area contributed by atoms with Gasteiger partial charge in [0.15, 0.2) is 0 Å². The first-order valence-corrected chi connectivity index (χ1v) is 8.79. The molecule has 1 aliphatic heterocycles. The lowest BCUT2D eigenvalue weighted by molar-refractivity contribution is -0.130. The Kier molecular flexibility index (Phi) is 5.94. The van der Waals surface area contributed by atoms with E-state index < -0.39 is 11.6 Å². The summed E-state index contributed by atoms with van der Waals surface area (Å²) in [4.78, 5) is 36.9. The SMILES string of the molecule is CC/C(=N/NC(=O)CCN1C(=O)NC(C)(C)C1=O)c1ccc(Br)cc1. The maximum Gasteiger partial charge on any atom is 0.325 e. The highest BCUT2D eigenvalue weighted by Crippen LogP contribution is 2.16. The molecular formula is C17H21BrN4O3. The highest BCUT2D eigenvalue weighted by Gasteiger charge is 2.43. The van der Waals surface area contributed by atoms with E-state index in [4.69, 9.17) is 0 Å². The lowest BCUT2D eigenvalue weighted by Gasteiger charge is -2.15. The first-order chi connectivity index (χ1) is 11.7. The summed E-state index contributed by atoms with van der Waals surface area (Å²) < 4.78 is 0.965. The van der Waals surface area contributed by atoms with Crippen LogP contribution in [-0.2, 0) is 9.59 Å². The summed E-state index contributed by atoms with van der Waals surface area (Å²) in [6.45, 7) is 5.23. The number of hydrazone groups is 1. The van der Waals surface area contributed by atoms with Crippen molar-refractivity contribution in [2.45, 2.75) is 39.2 Å². The van der Waals surface area contributed by atoms with E-state index in [2.05, 4.69) is 31.8 Å². The molecule has 1 aromatic carbocycles. The van der Waals surface area contributed by atoms with Crippen LogP contribution in [0, 0.1) is 0 Å². The minimum atomic E-state index is -0.928. The zero-order chi connectivity index (χ0) is 18.6. The van der Waals surface area contributed by atoms with E-state index in [1.165, 1.54) is 0 Å². The van der Waals surface area contributed by atoms with Crippen LogP contribution in [0.4, 0.5) is 4.79 Å². The van der Waals surface area contributed by atoms with Gasteiger partial charge in [-0.1, -0.05) is 35.0 Å². The molecule has 1 heterocycles. The number of hydrogen-bond acceptors (Lipinski definition) is 4. The van der Waals surface area contributed by atoms with Crippen LogP contribution in [0.25, 0.3) is 0 Å². The van der Waals surface area contributed by atoms with Crippen LogP contribution in [-0.4, -0.2) is 40.5 Å². The molecule has 1 saturated heterocycles. The third-order valence-corrected chi connectivity index (χ3v) is 4.36. The Morgan fingerprint density at radius 2 is 1.92 bits per heavy atom. The normalized spacial score (nSPS) is 16.8. The largest absolute Gasteiger partial charge is 0.325 e. The lowest BCUT2D eigenvalue weighted by Crippen LogP contribution is -2.40. The zero-order valence-electron chi connectivity index (χ0n) is 14.4. The Morgan fingerprint density at radius 3 is 2.44 bits per heavy atom. The van der Waals surface area contributed by atoms with Crippen LogP contribution in [0.5, 0.6) is 0 Å². The Bertz CT molecular complexity index is 713. The average molecular weight is 409 g/mol. The summed E-state index contributed by atoms with van der Waals surface area (Å²) in [5, 5.41) is 6.73. The molecule has 0 aromatic heterocycles. The van der Waals surface area contributed by atoms with Crippen molar-refractivity contribution in [3.8, 4) is 0 Å². The Hall–Kier alpha value is -2.22. The Morgan fingerprint density at radius 1 is 1.28 bits per heavy atom. The topological polar surface area (TPSA) is 90.9 Å². The van der Waals surface area contributed by atoms with Gasteiger partial charge in [0.25, 0.3) is 5.91 Å². The number of imide groups is 1. The molecule has 0 aliphatic carbocycles. The molecule has 2 rings (SSSR count). The van der Waals surface area contributed by atoms with Gasteiger partial charge in [0, 0.05) is 17.4 Å². The van der Waals surface area contributed by atoms with E-state index in [0.717, 1.165) is 20.6 Å². The molecule has 1 aliphatic rings. The van der Waals surface area contributed by atoms with Crippen molar-refractivity contribution >= 4 is 39.5 Å². The van der Waals surface area contributed by atoms with Gasteiger partial charge >= 0.3 is 6.03 Å². The lowest BCUT2D eigenvalue weighted by atomic mass is 10.1. The number of amides is 4. The summed E-state index contributed by atoms with van der Waals surface area (Å²) in [6.07, 6.45) is 0.652. The number of halogens is 1. The van der Waals surface area contributed by atoms with Gasteiger partial charge in [-0.05, 0) is 38.0 Å². The number of carbonyl (C=O) groups excluding carboxylic acids is 3. The molecule has 2 N–H and O–H groups in total. The Labute approximate surface area is 155 Å². The van der Waals surface area contributed by atoms with E-state index in [9.17, 15) is 14.4 Å². The van der Waals surface area contributed by atoms with Gasteiger partial charge in [-0.15, -0.1) is 0 Å². The fourth-order valence-corrected chi connectivity index (χ4v) is 2.67. The molecule has 1 aromatic rings. The highest BCUT2D eigenvalue weighted by molar-refractivity contribution is 9.10. The standard InChI is InChI=1S/C17H21BrN4O3/c1-4-13(11-5-7-12(18)8-6-11)20-21-14(23)9-10-22-15(24)17(2,3)19-16(22)25/h5-8H,4,9-10H2,1-3H3,(H,19,25)(H,21,23)/b20-13-. The quantitative estimate of drug-likeness (QED) is 0.430. The molecule has 4 amide bonds. The summed E-state index contributed by atoms with van der Waals surface area (Å²) >= 11 is 3.37. The van der Waals surface area contributed by atoms with Crippen LogP contribution >= 0.6 is 15.9 Å². The fraction of sp³-hybridized carbons (Fsp3) is 0.412. The second-order valence-corrected chi connectivity index (χ2v) is 7.13. The smallest absolute Gasteiger partial charge is 0.324 e. The molecule has 0 unspecified atom stereocenters. The van der Waals surface area contributed by atoms with Gasteiger partial charge in [-0.25, -0.2) is 10.2 Å². The number of nitrogens with one attached hydrogen (secondary N) is 2. The highest BCUT2D eigenvalue weighted by atomic mass is 79.9. The van der Waals surface area contributed by atoms with E-state index in [1.807, 2.05) is 31.2 Å². The van der Waals surface area contributed by atoms with Crippen molar-refractivity contribution in [1.29, 1.82) is 0 Å². The monoisotopic (exact) mass is 408 g/mol. The van der Waals surface area contributed by atoms with Crippen LogP contribution in [0.1, 0.15) is 39.2 Å². The molecule has 1 fully saturated rings. The van der Waals surface area contributed by atoms with E-state index in [-0.39, 0.29) is 24.8 Å². The molecule has 0 saturated carbocycles. The van der Waals surface area contributed by atoms with Gasteiger partial charge in [0.1, 0.15) is 5.54 Å². The molecule has 134 valence electrons. The van der Waals surface area contributed by atoms with E-state index >= 15 is 0 Å². The third kappa shape index (κ3) is 4.66. The predicted octanol–water partition coefficient (Wildman–Crippen LogP) is 2.40. The first kappa shape index (κ1) is 19.1. The fourth-order valence-electron chi connectivity index (χ4n) is 2.41. The molecule has 0 radical (unpaired) electrons. The predicted molar refractivity (Wildman–Crippen MR) is 98.1 cm³/mol. The van der Waals surface area contributed by atoms with Crippen LogP contribution in [0.15, 0.2) is 33.8 Å². The van der Waals surface area contributed by atoms with E-state index in [0.29, 0.717) is 6.42 Å². The molecule has 7 nitrogen and oxygen atoms in total. The van der Waals surface area contributed by atoms with Crippen LogP contribution in [0.3, 0.4) is 0 Å². The van der Waals surface area contributed by atoms with Crippen molar-refractivity contribution < 1.29 is 14.4 Å².